The van der Waals surface area contributed by atoms with Crippen LogP contribution in [0.15, 0.2) is 0 Å². The highest BCUT2D eigenvalue weighted by molar-refractivity contribution is 5.76. The van der Waals surface area contributed by atoms with E-state index in [2.05, 4.69) is 4.90 Å². The quantitative estimate of drug-likeness (QED) is 0.666. The Morgan fingerprint density at radius 1 is 1.56 bits per heavy atom. The number of carbonyl (C=O) groups is 1. The van der Waals surface area contributed by atoms with Gasteiger partial charge in [0, 0.05) is 19.7 Å². The predicted octanol–water partition coefficient (Wildman–Crippen LogP) is 1.30. The number of likely N-dealkylation sites (N-methyl/N-ethyl adjacent to an activating group) is 1. The van der Waals surface area contributed by atoms with Crippen molar-refractivity contribution in [1.29, 1.82) is 0 Å². The number of methoxy groups -OCH3 is 1. The lowest BCUT2D eigenvalue weighted by Gasteiger charge is -2.29. The molecule has 0 aromatic carbocycles. The number of carbonyl (C=O) groups excluding carboxylic acids is 1. The summed E-state index contributed by atoms with van der Waals surface area (Å²) in [5, 5.41) is 0. The van der Waals surface area contributed by atoms with Crippen molar-refractivity contribution < 1.29 is 14.3 Å². The van der Waals surface area contributed by atoms with Gasteiger partial charge in [-0.25, -0.2) is 0 Å². The van der Waals surface area contributed by atoms with Crippen LogP contribution in [0.25, 0.3) is 0 Å². The van der Waals surface area contributed by atoms with Crippen LogP contribution in [-0.2, 0) is 14.3 Å². The van der Waals surface area contributed by atoms with Crippen molar-refractivity contribution in [3.05, 3.63) is 0 Å². The highest BCUT2D eigenvalue weighted by Gasteiger charge is 2.31. The number of hydrogen-bond acceptors (Lipinski definition) is 4. The lowest BCUT2D eigenvalue weighted by molar-refractivity contribution is -0.151. The maximum absolute atomic E-state index is 11.5. The van der Waals surface area contributed by atoms with Crippen LogP contribution >= 0.6 is 0 Å². The molecular weight excluding hydrogens is 206 g/mol. The van der Waals surface area contributed by atoms with Gasteiger partial charge in [-0.2, -0.15) is 0 Å². The molecule has 0 radical (unpaired) electrons. The minimum atomic E-state index is -0.456. The van der Waals surface area contributed by atoms with Crippen LogP contribution in [0.5, 0.6) is 0 Å². The second kappa shape index (κ2) is 5.64. The molecule has 1 aliphatic heterocycles. The van der Waals surface area contributed by atoms with Crippen molar-refractivity contribution in [3.8, 4) is 0 Å². The van der Waals surface area contributed by atoms with E-state index in [1.54, 1.807) is 0 Å². The van der Waals surface area contributed by atoms with Gasteiger partial charge in [-0.1, -0.05) is 0 Å². The molecule has 4 heteroatoms. The molecule has 0 saturated carbocycles. The molecule has 94 valence electrons. The van der Waals surface area contributed by atoms with Gasteiger partial charge in [0.2, 0.25) is 0 Å². The first kappa shape index (κ1) is 13.5. The average molecular weight is 229 g/mol. The third kappa shape index (κ3) is 3.76. The average Bonchev–Trinajstić information content (AvgIpc) is 2.67. The zero-order chi connectivity index (χ0) is 12.2. The Hall–Kier alpha value is -0.610. The summed E-state index contributed by atoms with van der Waals surface area (Å²) < 4.78 is 10.4. The fourth-order valence-electron chi connectivity index (χ4n) is 2.22. The van der Waals surface area contributed by atoms with Crippen LogP contribution in [0, 0.1) is 5.41 Å². The zero-order valence-corrected chi connectivity index (χ0v) is 10.8. The number of esters is 1. The van der Waals surface area contributed by atoms with Gasteiger partial charge in [0.05, 0.1) is 18.6 Å². The van der Waals surface area contributed by atoms with Crippen molar-refractivity contribution in [1.82, 2.24) is 4.90 Å². The Labute approximate surface area is 97.9 Å². The van der Waals surface area contributed by atoms with E-state index in [-0.39, 0.29) is 5.97 Å². The lowest BCUT2D eigenvalue weighted by atomic mass is 9.93. The topological polar surface area (TPSA) is 38.8 Å². The highest BCUT2D eigenvalue weighted by atomic mass is 16.5. The van der Waals surface area contributed by atoms with E-state index in [9.17, 15) is 4.79 Å². The van der Waals surface area contributed by atoms with Crippen LogP contribution in [0.4, 0.5) is 0 Å². The number of rotatable bonds is 5. The minimum absolute atomic E-state index is 0.160. The van der Waals surface area contributed by atoms with Gasteiger partial charge >= 0.3 is 5.97 Å². The van der Waals surface area contributed by atoms with E-state index in [4.69, 9.17) is 9.47 Å². The van der Waals surface area contributed by atoms with Crippen LogP contribution in [-0.4, -0.2) is 50.8 Å². The molecule has 1 heterocycles. The largest absolute Gasteiger partial charge is 0.469 e. The molecule has 1 saturated heterocycles. The second-order valence-corrected chi connectivity index (χ2v) is 5.21. The van der Waals surface area contributed by atoms with E-state index >= 15 is 0 Å². The van der Waals surface area contributed by atoms with Gasteiger partial charge in [0.1, 0.15) is 0 Å². The van der Waals surface area contributed by atoms with E-state index in [1.165, 1.54) is 7.11 Å². The van der Waals surface area contributed by atoms with E-state index in [0.717, 1.165) is 26.0 Å². The fraction of sp³-hybridized carbons (Fsp3) is 0.917. The predicted molar refractivity (Wildman–Crippen MR) is 62.3 cm³/mol. The summed E-state index contributed by atoms with van der Waals surface area (Å²) in [4.78, 5) is 13.7. The molecule has 0 aromatic rings. The molecule has 0 aliphatic carbocycles. The van der Waals surface area contributed by atoms with Crippen LogP contribution in [0.2, 0.25) is 0 Å². The summed E-state index contributed by atoms with van der Waals surface area (Å²) in [6.07, 6.45) is 2.61. The maximum Gasteiger partial charge on any atom is 0.312 e. The molecule has 0 aromatic heterocycles. The smallest absolute Gasteiger partial charge is 0.312 e. The molecule has 1 atom stereocenters. The van der Waals surface area contributed by atoms with Gasteiger partial charge in [-0.15, -0.1) is 0 Å². The van der Waals surface area contributed by atoms with E-state index < -0.39 is 5.41 Å². The lowest BCUT2D eigenvalue weighted by Crippen LogP contribution is -2.40. The van der Waals surface area contributed by atoms with Gasteiger partial charge in [-0.05, 0) is 33.7 Å². The normalized spacial score (nSPS) is 21.4. The van der Waals surface area contributed by atoms with Crippen molar-refractivity contribution >= 4 is 5.97 Å². The van der Waals surface area contributed by atoms with Gasteiger partial charge in [0.15, 0.2) is 0 Å². The summed E-state index contributed by atoms with van der Waals surface area (Å²) >= 11 is 0. The number of hydrogen-bond donors (Lipinski definition) is 0. The maximum atomic E-state index is 11.5. The Kier molecular flexibility index (Phi) is 4.74. The number of nitrogens with zero attached hydrogens (tertiary/aromatic N) is 1. The summed E-state index contributed by atoms with van der Waals surface area (Å²) in [5.41, 5.74) is -0.456. The SMILES string of the molecule is COC(=O)C(C)(C)CN(C)CC1CCCO1. The van der Waals surface area contributed by atoms with E-state index in [0.29, 0.717) is 12.6 Å². The third-order valence-electron chi connectivity index (χ3n) is 2.94. The molecule has 1 fully saturated rings. The summed E-state index contributed by atoms with van der Waals surface area (Å²) in [6, 6.07) is 0. The second-order valence-electron chi connectivity index (χ2n) is 5.21. The molecule has 0 spiro atoms. The van der Waals surface area contributed by atoms with E-state index in [1.807, 2.05) is 20.9 Å². The first-order chi connectivity index (χ1) is 7.45. The summed E-state index contributed by atoms with van der Waals surface area (Å²) in [5.74, 6) is -0.160. The monoisotopic (exact) mass is 229 g/mol. The molecule has 1 unspecified atom stereocenters. The molecule has 0 amide bonds. The van der Waals surface area contributed by atoms with Gasteiger partial charge in [-0.3, -0.25) is 4.79 Å². The Balaban J connectivity index is 2.37. The molecule has 0 N–H and O–H groups in total. The zero-order valence-electron chi connectivity index (χ0n) is 10.8. The molecule has 4 nitrogen and oxygen atoms in total. The highest BCUT2D eigenvalue weighted by Crippen LogP contribution is 2.20. The fourth-order valence-corrected chi connectivity index (χ4v) is 2.22. The first-order valence-electron chi connectivity index (χ1n) is 5.84. The molecule has 1 aliphatic rings. The summed E-state index contributed by atoms with van der Waals surface area (Å²) in [7, 11) is 3.45. The van der Waals surface area contributed by atoms with Crippen molar-refractivity contribution in [2.24, 2.45) is 5.41 Å². The van der Waals surface area contributed by atoms with Crippen molar-refractivity contribution in [3.63, 3.8) is 0 Å². The van der Waals surface area contributed by atoms with Crippen molar-refractivity contribution in [2.45, 2.75) is 32.8 Å². The standard InChI is InChI=1S/C12H23NO3/c1-12(2,11(14)15-4)9-13(3)8-10-6-5-7-16-10/h10H,5-9H2,1-4H3. The third-order valence-corrected chi connectivity index (χ3v) is 2.94. The van der Waals surface area contributed by atoms with Crippen LogP contribution in [0.1, 0.15) is 26.7 Å². The van der Waals surface area contributed by atoms with Gasteiger partial charge < -0.3 is 14.4 Å². The van der Waals surface area contributed by atoms with Crippen LogP contribution in [0.3, 0.4) is 0 Å². The molecular formula is C12H23NO3. The Morgan fingerprint density at radius 2 is 2.25 bits per heavy atom. The van der Waals surface area contributed by atoms with Crippen LogP contribution < -0.4 is 0 Å². The first-order valence-corrected chi connectivity index (χ1v) is 5.84. The Bertz CT molecular complexity index is 234. The van der Waals surface area contributed by atoms with Crippen molar-refractivity contribution in [2.75, 3.05) is 33.9 Å². The molecule has 0 bridgehead atoms. The minimum Gasteiger partial charge on any atom is -0.469 e. The number of ether oxygens (including phenoxy) is 2. The molecule has 16 heavy (non-hydrogen) atoms. The molecule has 1 rings (SSSR count). The summed E-state index contributed by atoms with van der Waals surface area (Å²) in [6.45, 7) is 6.27. The van der Waals surface area contributed by atoms with Gasteiger partial charge in [0.25, 0.3) is 0 Å². The Morgan fingerprint density at radius 3 is 2.75 bits per heavy atom.